The standard InChI is InChI=1S/C12H15ClN2O2/c13-10-6-8(3-4-11(10)14)9-2-1-5-15(7-9)12(16)17/h3-4,6,9H,1-2,5,7,14H2,(H,16,17)/t9-/m1/s1. The lowest BCUT2D eigenvalue weighted by Crippen LogP contribution is -2.38. The average molecular weight is 255 g/mol. The van der Waals surface area contributed by atoms with Crippen LogP contribution in [0.15, 0.2) is 18.2 Å². The molecule has 17 heavy (non-hydrogen) atoms. The molecule has 92 valence electrons. The molecule has 1 saturated heterocycles. The fourth-order valence-corrected chi connectivity index (χ4v) is 2.41. The zero-order chi connectivity index (χ0) is 12.4. The molecule has 1 aliphatic rings. The quantitative estimate of drug-likeness (QED) is 0.758. The van der Waals surface area contributed by atoms with E-state index in [1.54, 1.807) is 6.07 Å². The van der Waals surface area contributed by atoms with Gasteiger partial charge in [0.25, 0.3) is 0 Å². The van der Waals surface area contributed by atoms with Gasteiger partial charge in [-0.05, 0) is 30.5 Å². The van der Waals surface area contributed by atoms with Crippen LogP contribution in [0.3, 0.4) is 0 Å². The second kappa shape index (κ2) is 4.84. The maximum atomic E-state index is 10.9. The number of piperidine rings is 1. The van der Waals surface area contributed by atoms with Gasteiger partial charge < -0.3 is 15.7 Å². The van der Waals surface area contributed by atoms with E-state index in [1.165, 1.54) is 4.90 Å². The number of halogens is 1. The summed E-state index contributed by atoms with van der Waals surface area (Å²) >= 11 is 5.98. The topological polar surface area (TPSA) is 66.6 Å². The lowest BCUT2D eigenvalue weighted by Gasteiger charge is -2.31. The van der Waals surface area contributed by atoms with E-state index in [0.717, 1.165) is 18.4 Å². The van der Waals surface area contributed by atoms with Crippen LogP contribution in [0.1, 0.15) is 24.3 Å². The molecule has 0 aromatic heterocycles. The highest BCUT2D eigenvalue weighted by atomic mass is 35.5. The molecule has 2 rings (SSSR count). The number of carbonyl (C=O) groups is 1. The van der Waals surface area contributed by atoms with Gasteiger partial charge in [-0.25, -0.2) is 4.79 Å². The van der Waals surface area contributed by atoms with Gasteiger partial charge in [0, 0.05) is 19.0 Å². The minimum absolute atomic E-state index is 0.220. The SMILES string of the molecule is Nc1ccc([C@@H]2CCCN(C(=O)O)C2)cc1Cl. The third-order valence-corrected chi connectivity index (χ3v) is 3.52. The molecule has 1 aromatic carbocycles. The van der Waals surface area contributed by atoms with E-state index >= 15 is 0 Å². The summed E-state index contributed by atoms with van der Waals surface area (Å²) in [4.78, 5) is 12.4. The van der Waals surface area contributed by atoms with Crippen molar-refractivity contribution in [3.63, 3.8) is 0 Å². The Kier molecular flexibility index (Phi) is 3.43. The second-order valence-electron chi connectivity index (χ2n) is 4.35. The first-order valence-corrected chi connectivity index (χ1v) is 5.98. The Labute approximate surface area is 105 Å². The van der Waals surface area contributed by atoms with Crippen molar-refractivity contribution < 1.29 is 9.90 Å². The van der Waals surface area contributed by atoms with Gasteiger partial charge in [0.05, 0.1) is 10.7 Å². The van der Waals surface area contributed by atoms with Gasteiger partial charge in [-0.15, -0.1) is 0 Å². The molecule has 0 radical (unpaired) electrons. The van der Waals surface area contributed by atoms with Crippen molar-refractivity contribution in [2.45, 2.75) is 18.8 Å². The highest BCUT2D eigenvalue weighted by molar-refractivity contribution is 6.33. The van der Waals surface area contributed by atoms with Gasteiger partial charge in [-0.3, -0.25) is 0 Å². The molecule has 1 aliphatic heterocycles. The predicted octanol–water partition coefficient (Wildman–Crippen LogP) is 2.78. The number of anilines is 1. The highest BCUT2D eigenvalue weighted by Crippen LogP contribution is 2.30. The molecule has 4 nitrogen and oxygen atoms in total. The van der Waals surface area contributed by atoms with E-state index < -0.39 is 6.09 Å². The van der Waals surface area contributed by atoms with Crippen molar-refractivity contribution in [2.24, 2.45) is 0 Å². The van der Waals surface area contributed by atoms with E-state index in [4.69, 9.17) is 22.4 Å². The number of carboxylic acid groups (broad SMARTS) is 1. The van der Waals surface area contributed by atoms with Crippen molar-refractivity contribution in [2.75, 3.05) is 18.8 Å². The number of likely N-dealkylation sites (tertiary alicyclic amines) is 1. The van der Waals surface area contributed by atoms with Crippen LogP contribution < -0.4 is 5.73 Å². The maximum absolute atomic E-state index is 10.9. The number of benzene rings is 1. The zero-order valence-corrected chi connectivity index (χ0v) is 10.2. The van der Waals surface area contributed by atoms with Gasteiger partial charge in [-0.1, -0.05) is 17.7 Å². The van der Waals surface area contributed by atoms with Crippen LogP contribution >= 0.6 is 11.6 Å². The smallest absolute Gasteiger partial charge is 0.407 e. The predicted molar refractivity (Wildman–Crippen MR) is 67.4 cm³/mol. The van der Waals surface area contributed by atoms with Gasteiger partial charge in [0.2, 0.25) is 0 Å². The molecule has 0 unspecified atom stereocenters. The van der Waals surface area contributed by atoms with Crippen LogP contribution in [0.4, 0.5) is 10.5 Å². The fourth-order valence-electron chi connectivity index (χ4n) is 2.22. The van der Waals surface area contributed by atoms with Gasteiger partial charge in [0.1, 0.15) is 0 Å². The Bertz CT molecular complexity index is 437. The third-order valence-electron chi connectivity index (χ3n) is 3.19. The Morgan fingerprint density at radius 3 is 2.94 bits per heavy atom. The fraction of sp³-hybridized carbons (Fsp3) is 0.417. The molecular formula is C12H15ClN2O2. The van der Waals surface area contributed by atoms with Crippen molar-refractivity contribution in [3.05, 3.63) is 28.8 Å². The van der Waals surface area contributed by atoms with Crippen LogP contribution in [0.5, 0.6) is 0 Å². The number of hydrogen-bond acceptors (Lipinski definition) is 2. The lowest BCUT2D eigenvalue weighted by molar-refractivity contribution is 0.130. The third kappa shape index (κ3) is 2.64. The first-order valence-electron chi connectivity index (χ1n) is 5.60. The van der Waals surface area contributed by atoms with Crippen LogP contribution in [-0.4, -0.2) is 29.2 Å². The molecule has 0 saturated carbocycles. The second-order valence-corrected chi connectivity index (χ2v) is 4.76. The van der Waals surface area contributed by atoms with E-state index in [0.29, 0.717) is 23.8 Å². The van der Waals surface area contributed by atoms with Crippen LogP contribution in [0.2, 0.25) is 5.02 Å². The van der Waals surface area contributed by atoms with E-state index in [1.807, 2.05) is 12.1 Å². The van der Waals surface area contributed by atoms with Crippen molar-refractivity contribution >= 4 is 23.4 Å². The first kappa shape index (κ1) is 12.0. The Balaban J connectivity index is 2.16. The monoisotopic (exact) mass is 254 g/mol. The number of amides is 1. The zero-order valence-electron chi connectivity index (χ0n) is 9.40. The van der Waals surface area contributed by atoms with Crippen molar-refractivity contribution in [3.8, 4) is 0 Å². The molecule has 0 aliphatic carbocycles. The van der Waals surface area contributed by atoms with Gasteiger partial charge >= 0.3 is 6.09 Å². The number of rotatable bonds is 1. The average Bonchev–Trinajstić information content (AvgIpc) is 2.33. The Hall–Kier alpha value is -1.42. The summed E-state index contributed by atoms with van der Waals surface area (Å²) in [5.74, 6) is 0.220. The van der Waals surface area contributed by atoms with E-state index in [9.17, 15) is 4.79 Å². The number of nitrogen functional groups attached to an aromatic ring is 1. The van der Waals surface area contributed by atoms with Crippen LogP contribution in [0.25, 0.3) is 0 Å². The minimum Gasteiger partial charge on any atom is -0.465 e. The summed E-state index contributed by atoms with van der Waals surface area (Å²) in [7, 11) is 0. The minimum atomic E-state index is -0.851. The first-order chi connectivity index (χ1) is 8.08. The summed E-state index contributed by atoms with van der Waals surface area (Å²) in [5.41, 5.74) is 7.28. The Morgan fingerprint density at radius 2 is 2.29 bits per heavy atom. The number of nitrogens with two attached hydrogens (primary N) is 1. The molecule has 5 heteroatoms. The van der Waals surface area contributed by atoms with E-state index in [2.05, 4.69) is 0 Å². The maximum Gasteiger partial charge on any atom is 0.407 e. The lowest BCUT2D eigenvalue weighted by atomic mass is 9.91. The van der Waals surface area contributed by atoms with Crippen LogP contribution in [-0.2, 0) is 0 Å². The summed E-state index contributed by atoms with van der Waals surface area (Å²) in [6.07, 6.45) is 1.03. The molecular weight excluding hydrogens is 240 g/mol. The molecule has 1 atom stereocenters. The van der Waals surface area contributed by atoms with Crippen LogP contribution in [0, 0.1) is 0 Å². The number of nitrogens with zero attached hydrogens (tertiary/aromatic N) is 1. The van der Waals surface area contributed by atoms with E-state index in [-0.39, 0.29) is 5.92 Å². The molecule has 1 amide bonds. The molecule has 1 heterocycles. The summed E-state index contributed by atoms with van der Waals surface area (Å²) in [5, 5.41) is 9.52. The molecule has 1 fully saturated rings. The van der Waals surface area contributed by atoms with Gasteiger partial charge in [0.15, 0.2) is 0 Å². The van der Waals surface area contributed by atoms with Crippen molar-refractivity contribution in [1.29, 1.82) is 0 Å². The summed E-state index contributed by atoms with van der Waals surface area (Å²) < 4.78 is 0. The van der Waals surface area contributed by atoms with Crippen molar-refractivity contribution in [1.82, 2.24) is 4.90 Å². The molecule has 3 N–H and O–H groups in total. The van der Waals surface area contributed by atoms with Gasteiger partial charge in [-0.2, -0.15) is 0 Å². The molecule has 0 spiro atoms. The molecule has 1 aromatic rings. The molecule has 0 bridgehead atoms. The summed E-state index contributed by atoms with van der Waals surface area (Å²) in [6.45, 7) is 1.16. The Morgan fingerprint density at radius 1 is 1.53 bits per heavy atom. The highest BCUT2D eigenvalue weighted by Gasteiger charge is 2.24. The number of hydrogen-bond donors (Lipinski definition) is 2. The normalized spacial score (nSPS) is 20.3. The largest absolute Gasteiger partial charge is 0.465 e. The summed E-state index contributed by atoms with van der Waals surface area (Å²) in [6, 6.07) is 5.54.